The second-order valence-corrected chi connectivity index (χ2v) is 16.7. The molecular formula is C58H38N2S. The number of nitrogens with zero attached hydrogens (tertiary/aromatic N) is 2. The molecule has 0 aliphatic carbocycles. The Morgan fingerprint density at radius 3 is 1.64 bits per heavy atom. The second-order valence-electron chi connectivity index (χ2n) is 15.7. The molecule has 10 aromatic carbocycles. The first-order valence-electron chi connectivity index (χ1n) is 20.8. The van der Waals surface area contributed by atoms with Gasteiger partial charge in [-0.2, -0.15) is 0 Å². The van der Waals surface area contributed by atoms with E-state index in [4.69, 9.17) is 0 Å². The molecule has 2 heterocycles. The van der Waals surface area contributed by atoms with Gasteiger partial charge in [0, 0.05) is 58.8 Å². The van der Waals surface area contributed by atoms with E-state index in [1.54, 1.807) is 0 Å². The standard InChI is InChI=1S/C58H38N2S/c1-2-18-46-42(14-1)15-12-28-53(46)59(56-27-9-5-21-49(56)51-23-13-24-52-50-22-6-10-29-57(50)61-58(51)52)44-36-34-40(35-37-44)39-30-32-41(33-31-39)43-16-11-17-45(38-43)60-54-25-7-3-19-47(54)48-20-4-8-26-55(48)60/h1-38H. The normalized spacial score (nSPS) is 11.6. The molecule has 2 aromatic heterocycles. The lowest BCUT2D eigenvalue weighted by Gasteiger charge is -2.29. The molecule has 0 aliphatic heterocycles. The highest BCUT2D eigenvalue weighted by Gasteiger charge is 2.21. The van der Waals surface area contributed by atoms with Crippen LogP contribution in [0, 0.1) is 0 Å². The summed E-state index contributed by atoms with van der Waals surface area (Å²) in [6.45, 7) is 0. The molecule has 3 heteroatoms. The zero-order valence-corrected chi connectivity index (χ0v) is 34.1. The summed E-state index contributed by atoms with van der Waals surface area (Å²) < 4.78 is 5.00. The average molecular weight is 795 g/mol. The van der Waals surface area contributed by atoms with Gasteiger partial charge < -0.3 is 9.47 Å². The van der Waals surface area contributed by atoms with E-state index in [-0.39, 0.29) is 0 Å². The number of hydrogen-bond acceptors (Lipinski definition) is 2. The third-order valence-electron chi connectivity index (χ3n) is 12.2. The van der Waals surface area contributed by atoms with Crippen molar-refractivity contribution in [2.75, 3.05) is 4.90 Å². The molecule has 61 heavy (non-hydrogen) atoms. The van der Waals surface area contributed by atoms with Crippen molar-refractivity contribution in [2.24, 2.45) is 0 Å². The lowest BCUT2D eigenvalue weighted by Crippen LogP contribution is -2.11. The monoisotopic (exact) mass is 794 g/mol. The summed E-state index contributed by atoms with van der Waals surface area (Å²) in [7, 11) is 0. The minimum Gasteiger partial charge on any atom is -0.309 e. The van der Waals surface area contributed by atoms with Crippen LogP contribution in [0.5, 0.6) is 0 Å². The molecule has 0 unspecified atom stereocenters. The van der Waals surface area contributed by atoms with Crippen molar-refractivity contribution in [3.8, 4) is 39.1 Å². The van der Waals surface area contributed by atoms with Crippen molar-refractivity contribution in [1.29, 1.82) is 0 Å². The maximum absolute atomic E-state index is 2.45. The third kappa shape index (κ3) is 5.93. The molecular weight excluding hydrogens is 757 g/mol. The van der Waals surface area contributed by atoms with Crippen LogP contribution >= 0.6 is 11.3 Å². The highest BCUT2D eigenvalue weighted by molar-refractivity contribution is 7.26. The van der Waals surface area contributed by atoms with E-state index in [1.807, 2.05) is 11.3 Å². The van der Waals surface area contributed by atoms with Gasteiger partial charge in [0.25, 0.3) is 0 Å². The average Bonchev–Trinajstić information content (AvgIpc) is 3.89. The van der Waals surface area contributed by atoms with Gasteiger partial charge in [-0.1, -0.05) is 176 Å². The van der Waals surface area contributed by atoms with Gasteiger partial charge in [0.2, 0.25) is 0 Å². The molecule has 0 saturated heterocycles. The Bertz CT molecular complexity index is 3530. The lowest BCUT2D eigenvalue weighted by molar-refractivity contribution is 1.18. The number of benzene rings is 10. The van der Waals surface area contributed by atoms with E-state index in [0.717, 1.165) is 22.7 Å². The molecule has 0 atom stereocenters. The first-order valence-corrected chi connectivity index (χ1v) is 21.7. The van der Waals surface area contributed by atoms with Crippen molar-refractivity contribution in [1.82, 2.24) is 4.57 Å². The molecule has 2 nitrogen and oxygen atoms in total. The van der Waals surface area contributed by atoms with Crippen LogP contribution in [0.3, 0.4) is 0 Å². The topological polar surface area (TPSA) is 8.17 Å². The van der Waals surface area contributed by atoms with E-state index < -0.39 is 0 Å². The van der Waals surface area contributed by atoms with E-state index in [9.17, 15) is 0 Å². The van der Waals surface area contributed by atoms with Crippen LogP contribution in [0.1, 0.15) is 0 Å². The Morgan fingerprint density at radius 2 is 0.869 bits per heavy atom. The maximum Gasteiger partial charge on any atom is 0.0541 e. The third-order valence-corrected chi connectivity index (χ3v) is 13.4. The first kappa shape index (κ1) is 35.2. The Kier molecular flexibility index (Phi) is 8.39. The SMILES string of the molecule is c1cc(-c2ccc(-c3ccc(N(c4ccccc4-c4cccc5c4sc4ccccc45)c4cccc5ccccc45)cc3)cc2)cc(-n2c3ccccc3c3ccccc32)c1. The molecule has 12 aromatic rings. The molecule has 0 amide bonds. The summed E-state index contributed by atoms with van der Waals surface area (Å²) in [6.07, 6.45) is 0. The van der Waals surface area contributed by atoms with Crippen LogP contribution in [-0.2, 0) is 0 Å². The van der Waals surface area contributed by atoms with Gasteiger partial charge in [-0.05, 0) is 82.2 Å². The van der Waals surface area contributed by atoms with Crippen molar-refractivity contribution < 1.29 is 0 Å². The number of rotatable bonds is 7. The zero-order chi connectivity index (χ0) is 40.3. The summed E-state index contributed by atoms with van der Waals surface area (Å²) in [4.78, 5) is 2.45. The molecule has 0 aliphatic rings. The quantitative estimate of drug-likeness (QED) is 0.156. The summed E-state index contributed by atoms with van der Waals surface area (Å²) in [5.41, 5.74) is 14.2. The Hall–Kier alpha value is -7.72. The van der Waals surface area contributed by atoms with Gasteiger partial charge in [-0.25, -0.2) is 0 Å². The predicted octanol–water partition coefficient (Wildman–Crippen LogP) is 16.8. The fourth-order valence-corrected chi connectivity index (χ4v) is 10.6. The van der Waals surface area contributed by atoms with Crippen molar-refractivity contribution in [2.45, 2.75) is 0 Å². The number of thiophene rings is 1. The van der Waals surface area contributed by atoms with E-state index in [1.165, 1.54) is 86.1 Å². The number of anilines is 3. The zero-order valence-electron chi connectivity index (χ0n) is 33.2. The van der Waals surface area contributed by atoms with E-state index in [2.05, 4.69) is 240 Å². The second kappa shape index (κ2) is 14.5. The number of hydrogen-bond donors (Lipinski definition) is 0. The summed E-state index contributed by atoms with van der Waals surface area (Å²) in [6, 6.07) is 84.1. The van der Waals surface area contributed by atoms with E-state index >= 15 is 0 Å². The smallest absolute Gasteiger partial charge is 0.0541 e. The number of aromatic nitrogens is 1. The molecule has 0 fully saturated rings. The van der Waals surface area contributed by atoms with Gasteiger partial charge in [-0.15, -0.1) is 11.3 Å². The molecule has 12 rings (SSSR count). The minimum absolute atomic E-state index is 1.11. The summed E-state index contributed by atoms with van der Waals surface area (Å²) in [5.74, 6) is 0. The fraction of sp³-hybridized carbons (Fsp3) is 0. The highest BCUT2D eigenvalue weighted by Crippen LogP contribution is 2.47. The Morgan fingerprint density at radius 1 is 0.344 bits per heavy atom. The molecule has 0 spiro atoms. The minimum atomic E-state index is 1.11. The Labute approximate surface area is 358 Å². The van der Waals surface area contributed by atoms with Gasteiger partial charge >= 0.3 is 0 Å². The van der Waals surface area contributed by atoms with Crippen LogP contribution in [-0.4, -0.2) is 4.57 Å². The Balaban J connectivity index is 0.925. The molecule has 0 saturated carbocycles. The maximum atomic E-state index is 2.45. The fourth-order valence-electron chi connectivity index (χ4n) is 9.35. The largest absolute Gasteiger partial charge is 0.309 e. The number of para-hydroxylation sites is 3. The molecule has 0 N–H and O–H groups in total. The predicted molar refractivity (Wildman–Crippen MR) is 262 cm³/mol. The van der Waals surface area contributed by atoms with Crippen LogP contribution in [0.4, 0.5) is 17.1 Å². The molecule has 0 bridgehead atoms. The van der Waals surface area contributed by atoms with Crippen LogP contribution in [0.25, 0.3) is 91.8 Å². The van der Waals surface area contributed by atoms with Crippen molar-refractivity contribution in [3.05, 3.63) is 231 Å². The van der Waals surface area contributed by atoms with Crippen LogP contribution < -0.4 is 4.90 Å². The first-order chi connectivity index (χ1) is 30.3. The number of fused-ring (bicyclic) bond motifs is 7. The summed E-state index contributed by atoms with van der Waals surface area (Å²) >= 11 is 1.88. The molecule has 286 valence electrons. The highest BCUT2D eigenvalue weighted by atomic mass is 32.1. The van der Waals surface area contributed by atoms with Gasteiger partial charge in [0.1, 0.15) is 0 Å². The van der Waals surface area contributed by atoms with Gasteiger partial charge in [-0.3, -0.25) is 0 Å². The van der Waals surface area contributed by atoms with Crippen molar-refractivity contribution in [3.63, 3.8) is 0 Å². The van der Waals surface area contributed by atoms with Crippen LogP contribution in [0.2, 0.25) is 0 Å². The summed E-state index contributed by atoms with van der Waals surface area (Å²) in [5, 5.41) is 7.58. The van der Waals surface area contributed by atoms with E-state index in [0.29, 0.717) is 0 Å². The van der Waals surface area contributed by atoms with Gasteiger partial charge in [0.15, 0.2) is 0 Å². The molecule has 0 radical (unpaired) electrons. The lowest BCUT2D eigenvalue weighted by atomic mass is 9.98. The van der Waals surface area contributed by atoms with Gasteiger partial charge in [0.05, 0.1) is 22.4 Å². The van der Waals surface area contributed by atoms with Crippen molar-refractivity contribution >= 4 is 81.1 Å². The van der Waals surface area contributed by atoms with Crippen LogP contribution in [0.15, 0.2) is 231 Å².